The van der Waals surface area contributed by atoms with E-state index in [1.165, 1.54) is 13.3 Å². The van der Waals surface area contributed by atoms with E-state index < -0.39 is 5.82 Å². The Balaban J connectivity index is 1.55. The number of halogens is 1. The molecule has 1 amide bonds. The third-order valence-electron chi connectivity index (χ3n) is 6.08. The lowest BCUT2D eigenvalue weighted by Gasteiger charge is -2.33. The molecule has 11 heteroatoms. The molecular formula is C25H23FN8O2. The van der Waals surface area contributed by atoms with E-state index in [0.29, 0.717) is 35.9 Å². The molecule has 0 unspecified atom stereocenters. The Morgan fingerprint density at radius 3 is 2.94 bits per heavy atom. The molecular weight excluding hydrogens is 463 g/mol. The molecule has 4 aromatic rings. The molecule has 1 aliphatic heterocycles. The Labute approximate surface area is 206 Å². The van der Waals surface area contributed by atoms with Crippen molar-refractivity contribution in [3.05, 3.63) is 54.7 Å². The molecule has 0 saturated carbocycles. The normalized spacial score (nSPS) is 15.5. The highest BCUT2D eigenvalue weighted by molar-refractivity contribution is 5.79. The highest BCUT2D eigenvalue weighted by Crippen LogP contribution is 2.31. The molecule has 0 aromatic carbocycles. The van der Waals surface area contributed by atoms with Crippen molar-refractivity contribution < 1.29 is 13.9 Å². The smallest absolute Gasteiger partial charge is 0.236 e. The van der Waals surface area contributed by atoms with Gasteiger partial charge in [0.15, 0.2) is 17.5 Å². The first-order valence-electron chi connectivity index (χ1n) is 11.5. The summed E-state index contributed by atoms with van der Waals surface area (Å²) in [7, 11) is 1.51. The minimum atomic E-state index is -0.623. The maximum Gasteiger partial charge on any atom is 0.236 e. The van der Waals surface area contributed by atoms with Crippen molar-refractivity contribution in [2.45, 2.75) is 25.3 Å². The van der Waals surface area contributed by atoms with Gasteiger partial charge in [-0.1, -0.05) is 6.07 Å². The molecule has 10 nitrogen and oxygen atoms in total. The molecule has 0 aliphatic carbocycles. The summed E-state index contributed by atoms with van der Waals surface area (Å²) in [4.78, 5) is 27.1. The summed E-state index contributed by atoms with van der Waals surface area (Å²) in [6.45, 7) is 0.927. The number of nitriles is 1. The number of ether oxygens (including phenoxy) is 1. The zero-order valence-corrected chi connectivity index (χ0v) is 19.6. The predicted molar refractivity (Wildman–Crippen MR) is 129 cm³/mol. The number of hydrogen-bond donors (Lipinski definition) is 1. The molecule has 5 heterocycles. The van der Waals surface area contributed by atoms with Crippen LogP contribution in [0.3, 0.4) is 0 Å². The van der Waals surface area contributed by atoms with Gasteiger partial charge in [-0.3, -0.25) is 4.79 Å². The Kier molecular flexibility index (Phi) is 6.40. The van der Waals surface area contributed by atoms with Crippen molar-refractivity contribution in [3.8, 4) is 34.6 Å². The quantitative estimate of drug-likeness (QED) is 0.441. The van der Waals surface area contributed by atoms with Crippen molar-refractivity contribution in [2.75, 3.05) is 25.5 Å². The number of likely N-dealkylation sites (tertiary alicyclic amines) is 1. The molecule has 1 aliphatic rings. The number of amides is 1. The summed E-state index contributed by atoms with van der Waals surface area (Å²) < 4.78 is 22.6. The van der Waals surface area contributed by atoms with E-state index in [1.807, 2.05) is 30.5 Å². The van der Waals surface area contributed by atoms with Crippen molar-refractivity contribution in [3.63, 3.8) is 0 Å². The second kappa shape index (κ2) is 9.95. The van der Waals surface area contributed by atoms with Gasteiger partial charge < -0.3 is 15.0 Å². The van der Waals surface area contributed by atoms with Gasteiger partial charge in [0, 0.05) is 43.2 Å². The number of pyridine rings is 2. The van der Waals surface area contributed by atoms with Crippen molar-refractivity contribution in [2.24, 2.45) is 0 Å². The molecule has 1 saturated heterocycles. The predicted octanol–water partition coefficient (Wildman–Crippen LogP) is 3.32. The number of nitrogens with zero attached hydrogens (tertiary/aromatic N) is 7. The molecule has 0 radical (unpaired) electrons. The van der Waals surface area contributed by atoms with Crippen LogP contribution in [0.25, 0.3) is 28.2 Å². The maximum absolute atomic E-state index is 15.8. The van der Waals surface area contributed by atoms with Crippen molar-refractivity contribution in [1.29, 1.82) is 5.26 Å². The first kappa shape index (κ1) is 23.2. The van der Waals surface area contributed by atoms with Crippen LogP contribution < -0.4 is 10.1 Å². The molecule has 1 N–H and O–H groups in total. The minimum Gasteiger partial charge on any atom is -0.481 e. The van der Waals surface area contributed by atoms with Crippen LogP contribution in [-0.4, -0.2) is 61.6 Å². The van der Waals surface area contributed by atoms with Gasteiger partial charge in [-0.25, -0.2) is 23.9 Å². The summed E-state index contributed by atoms with van der Waals surface area (Å²) in [5, 5.41) is 16.4. The number of nitrogens with one attached hydrogen (secondary N) is 1. The van der Waals surface area contributed by atoms with E-state index in [-0.39, 0.29) is 29.9 Å². The lowest BCUT2D eigenvalue weighted by atomic mass is 10.0. The third kappa shape index (κ3) is 4.53. The van der Waals surface area contributed by atoms with Crippen molar-refractivity contribution in [1.82, 2.24) is 29.5 Å². The number of fused-ring (bicyclic) bond motifs is 1. The molecule has 1 atom stereocenters. The molecule has 5 rings (SSSR count). The van der Waals surface area contributed by atoms with Crippen LogP contribution in [0.2, 0.25) is 0 Å². The number of anilines is 1. The van der Waals surface area contributed by atoms with E-state index in [0.717, 1.165) is 18.4 Å². The van der Waals surface area contributed by atoms with Crippen LogP contribution in [-0.2, 0) is 4.79 Å². The monoisotopic (exact) mass is 486 g/mol. The largest absolute Gasteiger partial charge is 0.481 e. The molecule has 0 bridgehead atoms. The number of rotatable bonds is 6. The molecule has 0 spiro atoms. The molecule has 36 heavy (non-hydrogen) atoms. The number of carbonyl (C=O) groups is 1. The Morgan fingerprint density at radius 2 is 2.17 bits per heavy atom. The first-order valence-corrected chi connectivity index (χ1v) is 11.5. The fourth-order valence-electron chi connectivity index (χ4n) is 4.30. The second-order valence-corrected chi connectivity index (χ2v) is 8.39. The molecule has 4 aromatic heterocycles. The number of methoxy groups -OCH3 is 1. The van der Waals surface area contributed by atoms with Crippen LogP contribution in [0.1, 0.15) is 19.3 Å². The van der Waals surface area contributed by atoms with Crippen LogP contribution >= 0.6 is 0 Å². The summed E-state index contributed by atoms with van der Waals surface area (Å²) in [6.07, 6.45) is 6.23. The van der Waals surface area contributed by atoms with Gasteiger partial charge in [0.05, 0.1) is 30.5 Å². The van der Waals surface area contributed by atoms with E-state index >= 15 is 4.39 Å². The van der Waals surface area contributed by atoms with E-state index in [4.69, 9.17) is 10.00 Å². The van der Waals surface area contributed by atoms with E-state index in [1.54, 1.807) is 27.7 Å². The highest BCUT2D eigenvalue weighted by atomic mass is 19.1. The van der Waals surface area contributed by atoms with Gasteiger partial charge in [-0.15, -0.1) is 0 Å². The fraction of sp³-hybridized carbons (Fsp3) is 0.280. The zero-order valence-electron chi connectivity index (χ0n) is 19.6. The maximum atomic E-state index is 15.8. The SMILES string of the molecule is COc1ccc(-c2nc(-c3cnn4ccccc34)nc(N[C@@H]3CCCN(C(=O)CC#N)C3)c2F)cn1. The number of carbonyl (C=O) groups excluding carboxylic acids is 1. The Morgan fingerprint density at radius 1 is 1.28 bits per heavy atom. The average molecular weight is 487 g/mol. The van der Waals surface area contributed by atoms with Gasteiger partial charge in [-0.2, -0.15) is 10.4 Å². The van der Waals surface area contributed by atoms with Crippen LogP contribution in [0.15, 0.2) is 48.9 Å². The summed E-state index contributed by atoms with van der Waals surface area (Å²) >= 11 is 0. The summed E-state index contributed by atoms with van der Waals surface area (Å²) in [6, 6.07) is 10.6. The van der Waals surface area contributed by atoms with Gasteiger partial charge in [-0.05, 0) is 31.0 Å². The molecule has 182 valence electrons. The van der Waals surface area contributed by atoms with E-state index in [2.05, 4.69) is 25.4 Å². The number of aromatic nitrogens is 5. The minimum absolute atomic E-state index is 0.0284. The second-order valence-electron chi connectivity index (χ2n) is 8.39. The summed E-state index contributed by atoms with van der Waals surface area (Å²) in [5.41, 5.74) is 1.97. The van der Waals surface area contributed by atoms with Gasteiger partial charge in [0.2, 0.25) is 11.8 Å². The fourth-order valence-corrected chi connectivity index (χ4v) is 4.30. The summed E-state index contributed by atoms with van der Waals surface area (Å²) in [5.74, 6) is -0.120. The van der Waals surface area contributed by atoms with Gasteiger partial charge in [0.1, 0.15) is 12.1 Å². The topological polar surface area (TPSA) is 121 Å². The van der Waals surface area contributed by atoms with Gasteiger partial charge in [0.25, 0.3) is 0 Å². The number of hydrogen-bond acceptors (Lipinski definition) is 8. The lowest BCUT2D eigenvalue weighted by Crippen LogP contribution is -2.45. The number of piperidine rings is 1. The zero-order chi connectivity index (χ0) is 25.1. The lowest BCUT2D eigenvalue weighted by molar-refractivity contribution is -0.131. The van der Waals surface area contributed by atoms with Crippen LogP contribution in [0.5, 0.6) is 5.88 Å². The molecule has 1 fully saturated rings. The Hall–Kier alpha value is -4.59. The first-order chi connectivity index (χ1) is 17.6. The average Bonchev–Trinajstić information content (AvgIpc) is 3.34. The van der Waals surface area contributed by atoms with Crippen LogP contribution in [0, 0.1) is 17.1 Å². The highest BCUT2D eigenvalue weighted by Gasteiger charge is 2.26. The van der Waals surface area contributed by atoms with Crippen molar-refractivity contribution >= 4 is 17.2 Å². The van der Waals surface area contributed by atoms with E-state index in [9.17, 15) is 4.79 Å². The standard InChI is InChI=1S/C25H23FN8O2/c1-36-20-8-7-16(13-28-20)23-22(26)25(30-17-5-4-11-33(15-17)21(35)9-10-27)32-24(31-23)18-14-29-34-12-3-2-6-19(18)34/h2-3,6-8,12-14,17H,4-5,9,11,15H2,1H3,(H,30,31,32)/t17-/m1/s1. The third-order valence-corrected chi connectivity index (χ3v) is 6.08. The van der Waals surface area contributed by atoms with Crippen LogP contribution in [0.4, 0.5) is 10.2 Å². The van der Waals surface area contributed by atoms with Gasteiger partial charge >= 0.3 is 0 Å². The Bertz CT molecular complexity index is 1450.